The summed E-state index contributed by atoms with van der Waals surface area (Å²) in [5.74, 6) is 2.69. The summed E-state index contributed by atoms with van der Waals surface area (Å²) in [6.45, 7) is 5.68. The van der Waals surface area contributed by atoms with E-state index in [1.165, 1.54) is 0 Å². The number of benzene rings is 1. The Kier molecular flexibility index (Phi) is 5.60. The van der Waals surface area contributed by atoms with Crippen LogP contribution in [0.1, 0.15) is 26.3 Å². The number of ether oxygens (including phenoxy) is 2. The number of terminal acetylenes is 1. The summed E-state index contributed by atoms with van der Waals surface area (Å²) in [6.07, 6.45) is 5.53. The van der Waals surface area contributed by atoms with Gasteiger partial charge in [-0.15, -0.1) is 6.42 Å². The fraction of sp³-hybridized carbons (Fsp3) is 0.438. The fourth-order valence-electron chi connectivity index (χ4n) is 1.56. The highest BCUT2D eigenvalue weighted by Gasteiger charge is 2.22. The molecule has 0 unspecified atom stereocenters. The van der Waals surface area contributed by atoms with Crippen molar-refractivity contribution < 1.29 is 14.3 Å². The Morgan fingerprint density at radius 2 is 1.95 bits per heavy atom. The molecule has 0 fully saturated rings. The Balaban J connectivity index is 2.56. The van der Waals surface area contributed by atoms with E-state index >= 15 is 0 Å². The summed E-state index contributed by atoms with van der Waals surface area (Å²) in [5, 5.41) is 0. The number of hydrogen-bond acceptors (Lipinski definition) is 4. The minimum Gasteiger partial charge on any atom is -0.481 e. The van der Waals surface area contributed by atoms with Crippen molar-refractivity contribution >= 4 is 5.97 Å². The van der Waals surface area contributed by atoms with Crippen molar-refractivity contribution in [2.75, 3.05) is 6.61 Å². The summed E-state index contributed by atoms with van der Waals surface area (Å²) < 4.78 is 10.5. The van der Waals surface area contributed by atoms with Crippen LogP contribution >= 0.6 is 0 Å². The lowest BCUT2D eigenvalue weighted by molar-refractivity contribution is -0.156. The predicted molar refractivity (Wildman–Crippen MR) is 78.3 cm³/mol. The molecule has 0 saturated carbocycles. The van der Waals surface area contributed by atoms with Gasteiger partial charge in [-0.25, -0.2) is 0 Å². The molecule has 20 heavy (non-hydrogen) atoms. The van der Waals surface area contributed by atoms with Crippen molar-refractivity contribution in [2.45, 2.75) is 38.8 Å². The maximum absolute atomic E-state index is 11.8. The monoisotopic (exact) mass is 275 g/mol. The largest absolute Gasteiger partial charge is 0.481 e. The van der Waals surface area contributed by atoms with Crippen LogP contribution in [0.3, 0.4) is 0 Å². The molecule has 0 spiro atoms. The van der Waals surface area contributed by atoms with Crippen molar-refractivity contribution in [3.63, 3.8) is 0 Å². The highest BCUT2D eigenvalue weighted by atomic mass is 16.6. The first-order valence-corrected chi connectivity index (χ1v) is 6.45. The second-order valence-corrected chi connectivity index (χ2v) is 5.48. The lowest BCUT2D eigenvalue weighted by atomic mass is 10.1. The van der Waals surface area contributed by atoms with Crippen LogP contribution < -0.4 is 10.5 Å². The maximum Gasteiger partial charge on any atom is 0.323 e. The minimum atomic E-state index is -0.674. The third-order valence-electron chi connectivity index (χ3n) is 2.41. The second-order valence-electron chi connectivity index (χ2n) is 5.48. The van der Waals surface area contributed by atoms with Crippen molar-refractivity contribution in [1.82, 2.24) is 0 Å². The van der Waals surface area contributed by atoms with Gasteiger partial charge in [-0.1, -0.05) is 18.1 Å². The molecule has 4 heteroatoms. The van der Waals surface area contributed by atoms with Gasteiger partial charge in [0.2, 0.25) is 0 Å². The first kappa shape index (κ1) is 16.1. The van der Waals surface area contributed by atoms with E-state index in [-0.39, 0.29) is 6.61 Å². The minimum absolute atomic E-state index is 0.233. The first-order valence-electron chi connectivity index (χ1n) is 6.45. The van der Waals surface area contributed by atoms with Gasteiger partial charge in [-0.3, -0.25) is 4.79 Å². The van der Waals surface area contributed by atoms with Crippen LogP contribution in [-0.4, -0.2) is 24.2 Å². The molecule has 0 saturated heterocycles. The van der Waals surface area contributed by atoms with E-state index in [0.29, 0.717) is 12.2 Å². The molecule has 0 bridgehead atoms. The lowest BCUT2D eigenvalue weighted by Crippen LogP contribution is -2.38. The van der Waals surface area contributed by atoms with Crippen LogP contribution in [0.15, 0.2) is 24.3 Å². The molecule has 0 aliphatic rings. The Morgan fingerprint density at radius 3 is 2.45 bits per heavy atom. The molecule has 0 aliphatic carbocycles. The molecule has 2 N–H and O–H groups in total. The maximum atomic E-state index is 11.8. The zero-order valence-electron chi connectivity index (χ0n) is 12.2. The molecule has 0 heterocycles. The summed E-state index contributed by atoms with van der Waals surface area (Å²) in [6, 6.07) is 6.64. The van der Waals surface area contributed by atoms with E-state index in [1.807, 2.05) is 32.9 Å². The quantitative estimate of drug-likeness (QED) is 0.658. The normalized spacial score (nSPS) is 12.3. The molecule has 1 aromatic rings. The average molecular weight is 275 g/mol. The van der Waals surface area contributed by atoms with Crippen LogP contribution in [0, 0.1) is 12.3 Å². The molecule has 0 amide bonds. The van der Waals surface area contributed by atoms with Crippen LogP contribution in [-0.2, 0) is 16.0 Å². The van der Waals surface area contributed by atoms with Gasteiger partial charge in [0.15, 0.2) is 0 Å². The number of hydrogen-bond donors (Lipinski definition) is 1. The Morgan fingerprint density at radius 1 is 1.35 bits per heavy atom. The van der Waals surface area contributed by atoms with Crippen LogP contribution in [0.25, 0.3) is 0 Å². The van der Waals surface area contributed by atoms with Crippen molar-refractivity contribution in [2.24, 2.45) is 5.73 Å². The number of carbonyl (C=O) groups is 1. The van der Waals surface area contributed by atoms with Crippen molar-refractivity contribution in [1.29, 1.82) is 0 Å². The number of nitrogens with two attached hydrogens (primary N) is 1. The van der Waals surface area contributed by atoms with E-state index < -0.39 is 17.6 Å². The van der Waals surface area contributed by atoms with E-state index in [9.17, 15) is 4.79 Å². The van der Waals surface area contributed by atoms with Crippen LogP contribution in [0.4, 0.5) is 0 Å². The van der Waals surface area contributed by atoms with Gasteiger partial charge in [0.25, 0.3) is 0 Å². The van der Waals surface area contributed by atoms with Crippen LogP contribution in [0.5, 0.6) is 5.75 Å². The summed E-state index contributed by atoms with van der Waals surface area (Å²) in [7, 11) is 0. The van der Waals surface area contributed by atoms with E-state index in [0.717, 1.165) is 5.56 Å². The highest BCUT2D eigenvalue weighted by Crippen LogP contribution is 2.14. The molecular weight excluding hydrogens is 254 g/mol. The van der Waals surface area contributed by atoms with Crippen molar-refractivity contribution in [3.8, 4) is 18.1 Å². The third-order valence-corrected chi connectivity index (χ3v) is 2.41. The summed E-state index contributed by atoms with van der Waals surface area (Å²) >= 11 is 0. The molecule has 1 aromatic carbocycles. The smallest absolute Gasteiger partial charge is 0.323 e. The standard InChI is InChI=1S/C16H21NO3/c1-5-10-19-13-8-6-12(7-9-13)11-14(17)15(18)20-16(2,3)4/h1,6-9,14H,10-11,17H2,2-4H3/t14-/m0/s1. The van der Waals surface area contributed by atoms with Gasteiger partial charge in [-0.2, -0.15) is 0 Å². The zero-order chi connectivity index (χ0) is 15.2. The summed E-state index contributed by atoms with van der Waals surface area (Å²) in [5.41, 5.74) is 6.26. The molecular formula is C16H21NO3. The van der Waals surface area contributed by atoms with E-state index in [1.54, 1.807) is 12.1 Å². The molecule has 108 valence electrons. The Labute approximate surface area is 120 Å². The molecule has 4 nitrogen and oxygen atoms in total. The number of esters is 1. The molecule has 1 rings (SSSR count). The molecule has 0 aliphatic heterocycles. The average Bonchev–Trinajstić information content (AvgIpc) is 2.36. The first-order chi connectivity index (χ1) is 9.31. The van der Waals surface area contributed by atoms with Gasteiger partial charge in [0, 0.05) is 0 Å². The van der Waals surface area contributed by atoms with Gasteiger partial charge in [0.1, 0.15) is 24.0 Å². The molecule has 1 atom stereocenters. The predicted octanol–water partition coefficient (Wildman–Crippen LogP) is 1.91. The van der Waals surface area contributed by atoms with Gasteiger partial charge >= 0.3 is 5.97 Å². The molecule has 0 radical (unpaired) electrons. The van der Waals surface area contributed by atoms with Gasteiger partial charge in [0.05, 0.1) is 0 Å². The Hall–Kier alpha value is -1.99. The van der Waals surface area contributed by atoms with Crippen molar-refractivity contribution in [3.05, 3.63) is 29.8 Å². The topological polar surface area (TPSA) is 61.5 Å². The highest BCUT2D eigenvalue weighted by molar-refractivity contribution is 5.76. The fourth-order valence-corrected chi connectivity index (χ4v) is 1.56. The number of rotatable bonds is 5. The summed E-state index contributed by atoms with van der Waals surface area (Å²) in [4.78, 5) is 11.8. The van der Waals surface area contributed by atoms with E-state index in [4.69, 9.17) is 21.6 Å². The third kappa shape index (κ3) is 5.77. The number of carbonyl (C=O) groups excluding carboxylic acids is 1. The van der Waals surface area contributed by atoms with Gasteiger partial charge in [-0.05, 0) is 44.9 Å². The van der Waals surface area contributed by atoms with Gasteiger partial charge < -0.3 is 15.2 Å². The second kappa shape index (κ2) is 6.97. The molecule has 0 aromatic heterocycles. The SMILES string of the molecule is C#CCOc1ccc(C[C@H](N)C(=O)OC(C)(C)C)cc1. The lowest BCUT2D eigenvalue weighted by Gasteiger charge is -2.22. The Bertz CT molecular complexity index is 480. The van der Waals surface area contributed by atoms with E-state index in [2.05, 4.69) is 5.92 Å². The zero-order valence-corrected chi connectivity index (χ0v) is 12.2. The van der Waals surface area contributed by atoms with Crippen LogP contribution in [0.2, 0.25) is 0 Å².